The smallest absolute Gasteiger partial charge is 0.433 e. The third-order valence-corrected chi connectivity index (χ3v) is 2.62. The van der Waals surface area contributed by atoms with Crippen LogP contribution in [0.4, 0.5) is 22.0 Å². The lowest BCUT2D eigenvalue weighted by molar-refractivity contribution is -0.142. The number of hydrogen-bond acceptors (Lipinski definition) is 2. The molecule has 0 amide bonds. The molecule has 0 saturated heterocycles. The molecule has 1 N–H and O–H groups in total. The van der Waals surface area contributed by atoms with Crippen LogP contribution in [-0.4, -0.2) is 16.1 Å². The number of nitrogens with zero attached hydrogens (tertiary/aromatic N) is 1. The average Bonchev–Trinajstić information content (AvgIpc) is 2.13. The summed E-state index contributed by atoms with van der Waals surface area (Å²) in [5.41, 5.74) is -3.64. The Bertz CT molecular complexity index is 475. The zero-order valence-electron chi connectivity index (χ0n) is 8.43. The Labute approximate surface area is 106 Å². The van der Waals surface area contributed by atoms with Crippen LogP contribution >= 0.6 is 15.9 Å². The number of pyridine rings is 1. The van der Waals surface area contributed by atoms with Gasteiger partial charge in [-0.1, -0.05) is 0 Å². The van der Waals surface area contributed by atoms with Gasteiger partial charge in [0.1, 0.15) is 5.69 Å². The summed E-state index contributed by atoms with van der Waals surface area (Å²) in [6, 6.07) is 0. The molecule has 1 aromatic rings. The number of alkyl halides is 5. The highest BCUT2D eigenvalue weighted by Crippen LogP contribution is 2.38. The van der Waals surface area contributed by atoms with Gasteiger partial charge in [-0.15, -0.1) is 0 Å². The second-order valence-corrected chi connectivity index (χ2v) is 4.07. The van der Waals surface area contributed by atoms with E-state index in [1.54, 1.807) is 0 Å². The lowest BCUT2D eigenvalue weighted by Gasteiger charge is -2.15. The second-order valence-electron chi connectivity index (χ2n) is 3.22. The van der Waals surface area contributed by atoms with Crippen molar-refractivity contribution < 1.29 is 31.9 Å². The molecule has 1 heterocycles. The van der Waals surface area contributed by atoms with Crippen molar-refractivity contribution >= 4 is 21.9 Å². The highest BCUT2D eigenvalue weighted by Gasteiger charge is 2.38. The Balaban J connectivity index is 3.54. The topological polar surface area (TPSA) is 50.2 Å². The number of aliphatic carboxylic acids is 1. The fraction of sp³-hybridized carbons (Fsp3) is 0.333. The summed E-state index contributed by atoms with van der Waals surface area (Å²) in [6.45, 7) is 0. The fourth-order valence-corrected chi connectivity index (χ4v) is 1.87. The molecule has 1 aromatic heterocycles. The largest absolute Gasteiger partial charge is 0.481 e. The number of carbonyl (C=O) groups is 1. The molecule has 0 aromatic carbocycles. The van der Waals surface area contributed by atoms with E-state index in [-0.39, 0.29) is 4.47 Å². The van der Waals surface area contributed by atoms with Crippen LogP contribution in [0.25, 0.3) is 0 Å². The van der Waals surface area contributed by atoms with Gasteiger partial charge in [0.05, 0.1) is 6.42 Å². The van der Waals surface area contributed by atoms with Crippen molar-refractivity contribution in [2.75, 3.05) is 0 Å². The number of aromatic nitrogens is 1. The number of carboxylic acids is 1. The summed E-state index contributed by atoms with van der Waals surface area (Å²) in [6.07, 6.45) is -8.83. The maximum atomic E-state index is 12.7. The van der Waals surface area contributed by atoms with Gasteiger partial charge in [-0.25, -0.2) is 8.78 Å². The third kappa shape index (κ3) is 3.15. The van der Waals surface area contributed by atoms with Crippen molar-refractivity contribution in [1.29, 1.82) is 0 Å². The minimum Gasteiger partial charge on any atom is -0.481 e. The molecule has 0 saturated carbocycles. The standard InChI is InChI=1S/C9H5BrF5NO2/c10-4-2-16-7(9(13,14)15)3(1-5(17)18)6(4)8(11)12/h2,8H,1H2,(H,17,18). The van der Waals surface area contributed by atoms with E-state index in [9.17, 15) is 26.7 Å². The Morgan fingerprint density at radius 1 is 1.44 bits per heavy atom. The first kappa shape index (κ1) is 14.8. The maximum absolute atomic E-state index is 12.7. The SMILES string of the molecule is O=C(O)Cc1c(C(F)(F)F)ncc(Br)c1C(F)F. The highest BCUT2D eigenvalue weighted by atomic mass is 79.9. The molecule has 0 unspecified atom stereocenters. The lowest BCUT2D eigenvalue weighted by atomic mass is 10.0. The summed E-state index contributed by atoms with van der Waals surface area (Å²) < 4.78 is 62.7. The van der Waals surface area contributed by atoms with Gasteiger partial charge in [-0.3, -0.25) is 9.78 Å². The van der Waals surface area contributed by atoms with Crippen LogP contribution in [0, 0.1) is 0 Å². The van der Waals surface area contributed by atoms with Gasteiger partial charge >= 0.3 is 12.1 Å². The molecule has 0 aliphatic carbocycles. The van der Waals surface area contributed by atoms with Gasteiger partial charge in [-0.2, -0.15) is 13.2 Å². The van der Waals surface area contributed by atoms with E-state index >= 15 is 0 Å². The summed E-state index contributed by atoms with van der Waals surface area (Å²) in [4.78, 5) is 13.5. The van der Waals surface area contributed by atoms with Crippen LogP contribution in [0.2, 0.25) is 0 Å². The molecule has 0 spiro atoms. The zero-order valence-corrected chi connectivity index (χ0v) is 10.0. The average molecular weight is 334 g/mol. The van der Waals surface area contributed by atoms with Crippen LogP contribution in [0.3, 0.4) is 0 Å². The summed E-state index contributed by atoms with van der Waals surface area (Å²) >= 11 is 2.64. The van der Waals surface area contributed by atoms with Crippen molar-refractivity contribution in [1.82, 2.24) is 4.98 Å². The molecule has 0 aliphatic rings. The van der Waals surface area contributed by atoms with E-state index in [1.807, 2.05) is 0 Å². The van der Waals surface area contributed by atoms with Gasteiger partial charge in [0, 0.05) is 21.8 Å². The van der Waals surface area contributed by atoms with Gasteiger partial charge in [0.15, 0.2) is 0 Å². The second kappa shape index (κ2) is 5.17. The predicted molar refractivity (Wildman–Crippen MR) is 53.2 cm³/mol. The van der Waals surface area contributed by atoms with Crippen molar-refractivity contribution in [3.8, 4) is 0 Å². The Morgan fingerprint density at radius 2 is 2.00 bits per heavy atom. The Hall–Kier alpha value is -1.25. The van der Waals surface area contributed by atoms with E-state index in [1.165, 1.54) is 0 Å². The first-order valence-electron chi connectivity index (χ1n) is 4.39. The molecular formula is C9H5BrF5NO2. The van der Waals surface area contributed by atoms with Crippen molar-refractivity contribution in [2.45, 2.75) is 19.0 Å². The quantitative estimate of drug-likeness (QED) is 0.862. The highest BCUT2D eigenvalue weighted by molar-refractivity contribution is 9.10. The molecule has 0 bridgehead atoms. The first-order valence-corrected chi connectivity index (χ1v) is 5.18. The molecule has 0 fully saturated rings. The molecular weight excluding hydrogens is 329 g/mol. The number of hydrogen-bond donors (Lipinski definition) is 1. The number of halogens is 6. The van der Waals surface area contributed by atoms with Crippen LogP contribution in [0.5, 0.6) is 0 Å². The van der Waals surface area contributed by atoms with Gasteiger partial charge in [0.25, 0.3) is 6.43 Å². The van der Waals surface area contributed by atoms with Crippen LogP contribution in [0.1, 0.15) is 23.2 Å². The molecule has 0 radical (unpaired) electrons. The molecule has 0 aliphatic heterocycles. The summed E-state index contributed by atoms with van der Waals surface area (Å²) in [7, 11) is 0. The lowest BCUT2D eigenvalue weighted by Crippen LogP contribution is -2.17. The van der Waals surface area contributed by atoms with Crippen LogP contribution in [0.15, 0.2) is 10.7 Å². The minimum absolute atomic E-state index is 0.359. The zero-order chi connectivity index (χ0) is 14.1. The molecule has 100 valence electrons. The van der Waals surface area contributed by atoms with Gasteiger partial charge in [0.2, 0.25) is 0 Å². The Morgan fingerprint density at radius 3 is 2.39 bits per heavy atom. The monoisotopic (exact) mass is 333 g/mol. The molecule has 1 rings (SSSR count). The minimum atomic E-state index is -4.99. The van der Waals surface area contributed by atoms with Crippen molar-refractivity contribution in [3.05, 3.63) is 27.5 Å². The molecule has 18 heavy (non-hydrogen) atoms. The van der Waals surface area contributed by atoms with Crippen molar-refractivity contribution in [2.24, 2.45) is 0 Å². The first-order chi connectivity index (χ1) is 8.14. The van der Waals surface area contributed by atoms with Gasteiger partial charge in [-0.05, 0) is 15.9 Å². The summed E-state index contributed by atoms with van der Waals surface area (Å²) in [5, 5.41) is 8.50. The number of carboxylic acid groups (broad SMARTS) is 1. The van der Waals surface area contributed by atoms with Crippen molar-refractivity contribution in [3.63, 3.8) is 0 Å². The number of rotatable bonds is 3. The van der Waals surface area contributed by atoms with E-state index in [0.29, 0.717) is 6.20 Å². The predicted octanol–water partition coefficient (Wildman–Crippen LogP) is 3.43. The van der Waals surface area contributed by atoms with E-state index in [4.69, 9.17) is 5.11 Å². The molecule has 0 atom stereocenters. The molecule has 3 nitrogen and oxygen atoms in total. The summed E-state index contributed by atoms with van der Waals surface area (Å²) in [5.74, 6) is -1.65. The van der Waals surface area contributed by atoms with Crippen LogP contribution < -0.4 is 0 Å². The van der Waals surface area contributed by atoms with Gasteiger partial charge < -0.3 is 5.11 Å². The molecule has 9 heteroatoms. The fourth-order valence-electron chi connectivity index (χ4n) is 1.35. The van der Waals surface area contributed by atoms with Crippen LogP contribution in [-0.2, 0) is 17.4 Å². The normalized spacial score (nSPS) is 11.9. The van der Waals surface area contributed by atoms with E-state index in [0.717, 1.165) is 0 Å². The van der Waals surface area contributed by atoms with E-state index in [2.05, 4.69) is 20.9 Å². The third-order valence-electron chi connectivity index (χ3n) is 1.99. The van der Waals surface area contributed by atoms with E-state index < -0.39 is 41.8 Å². The maximum Gasteiger partial charge on any atom is 0.433 e. The Kier molecular flexibility index (Phi) is 4.25.